The van der Waals surface area contributed by atoms with Gasteiger partial charge in [-0.05, 0) is 67.3 Å². The zero-order chi connectivity index (χ0) is 24.1. The second-order valence-electron chi connectivity index (χ2n) is 8.80. The summed E-state index contributed by atoms with van der Waals surface area (Å²) in [4.78, 5) is 28.1. The molecule has 1 aliphatic heterocycles. The fourth-order valence-electron chi connectivity index (χ4n) is 4.39. The number of piperidine rings is 1. The number of nitrogens with one attached hydrogen (secondary N) is 3. The molecule has 178 valence electrons. The lowest BCUT2D eigenvalue weighted by Crippen LogP contribution is -2.51. The Morgan fingerprint density at radius 2 is 1.76 bits per heavy atom. The molecule has 0 saturated carbocycles. The summed E-state index contributed by atoms with van der Waals surface area (Å²) in [7, 11) is 0. The van der Waals surface area contributed by atoms with Gasteiger partial charge in [0.25, 0.3) is 5.91 Å². The number of anilines is 1. The predicted octanol–water partition coefficient (Wildman–Crippen LogP) is 5.44. The summed E-state index contributed by atoms with van der Waals surface area (Å²) in [6.07, 6.45) is 0.911. The standard InChI is InChI=1S/C27H32N4O2S/c1-4-28-27(33)31-16-15-23(19(3)17-31)30-34-25-14-13-24(21-11-7-8-12-22(21)25)29-26(32)20-10-6-5-9-18(20)2/h5-14,19,23,30H,4,15-17H2,1-3H3,(H,28,33)(H,29,32). The largest absolute Gasteiger partial charge is 0.338 e. The van der Waals surface area contributed by atoms with Crippen LogP contribution < -0.4 is 15.4 Å². The number of carbonyl (C=O) groups excluding carboxylic acids is 2. The van der Waals surface area contributed by atoms with Crippen molar-refractivity contribution in [1.29, 1.82) is 0 Å². The van der Waals surface area contributed by atoms with Gasteiger partial charge >= 0.3 is 6.03 Å². The molecule has 1 heterocycles. The quantitative estimate of drug-likeness (QED) is 0.415. The SMILES string of the molecule is CCNC(=O)N1CCC(NSc2ccc(NC(=O)c3ccccc3C)c3ccccc23)C(C)C1. The van der Waals surface area contributed by atoms with Crippen molar-refractivity contribution in [3.63, 3.8) is 0 Å². The van der Waals surface area contributed by atoms with Gasteiger partial charge in [-0.3, -0.25) is 9.52 Å². The number of urea groups is 1. The van der Waals surface area contributed by atoms with Crippen molar-refractivity contribution in [1.82, 2.24) is 14.9 Å². The predicted molar refractivity (Wildman–Crippen MR) is 140 cm³/mol. The van der Waals surface area contributed by atoms with Crippen LogP contribution in [0.2, 0.25) is 0 Å². The minimum absolute atomic E-state index is 0.0229. The first-order valence-electron chi connectivity index (χ1n) is 11.8. The minimum Gasteiger partial charge on any atom is -0.338 e. The van der Waals surface area contributed by atoms with Gasteiger partial charge in [0.1, 0.15) is 0 Å². The fraction of sp³-hybridized carbons (Fsp3) is 0.333. The number of amides is 3. The minimum atomic E-state index is -0.102. The maximum atomic E-state index is 12.9. The number of benzene rings is 3. The fourth-order valence-corrected chi connectivity index (χ4v) is 5.45. The molecule has 6 nitrogen and oxygen atoms in total. The zero-order valence-corrected chi connectivity index (χ0v) is 20.7. The van der Waals surface area contributed by atoms with Crippen LogP contribution >= 0.6 is 11.9 Å². The number of hydrogen-bond acceptors (Lipinski definition) is 4. The Bertz CT molecular complexity index is 1180. The Balaban J connectivity index is 1.46. The van der Waals surface area contributed by atoms with Crippen LogP contribution in [0.3, 0.4) is 0 Å². The van der Waals surface area contributed by atoms with E-state index in [2.05, 4.69) is 34.4 Å². The Morgan fingerprint density at radius 3 is 2.50 bits per heavy atom. The molecule has 3 aromatic rings. The number of rotatable bonds is 6. The molecule has 3 aromatic carbocycles. The molecule has 7 heteroatoms. The Hall–Kier alpha value is -3.03. The zero-order valence-electron chi connectivity index (χ0n) is 19.9. The first-order valence-corrected chi connectivity index (χ1v) is 12.6. The van der Waals surface area contributed by atoms with E-state index < -0.39 is 0 Å². The molecule has 0 spiro atoms. The highest BCUT2D eigenvalue weighted by Gasteiger charge is 2.28. The van der Waals surface area contributed by atoms with E-state index in [4.69, 9.17) is 0 Å². The van der Waals surface area contributed by atoms with E-state index >= 15 is 0 Å². The van der Waals surface area contributed by atoms with Gasteiger partial charge in [0, 0.05) is 47.2 Å². The number of aryl methyl sites for hydroxylation is 1. The number of nitrogens with zero attached hydrogens (tertiary/aromatic N) is 1. The van der Waals surface area contributed by atoms with Gasteiger partial charge < -0.3 is 15.5 Å². The van der Waals surface area contributed by atoms with Crippen LogP contribution in [-0.4, -0.2) is 42.5 Å². The third kappa shape index (κ3) is 5.37. The Kier molecular flexibility index (Phi) is 7.75. The highest BCUT2D eigenvalue weighted by atomic mass is 32.2. The van der Waals surface area contributed by atoms with Crippen molar-refractivity contribution in [2.45, 2.75) is 38.1 Å². The van der Waals surface area contributed by atoms with Gasteiger partial charge in [0.05, 0.1) is 0 Å². The molecule has 0 aliphatic carbocycles. The molecule has 0 bridgehead atoms. The molecule has 1 saturated heterocycles. The van der Waals surface area contributed by atoms with E-state index in [9.17, 15) is 9.59 Å². The number of carbonyl (C=O) groups is 2. The van der Waals surface area contributed by atoms with Crippen LogP contribution in [0.15, 0.2) is 65.6 Å². The normalized spacial score (nSPS) is 18.0. The van der Waals surface area contributed by atoms with E-state index in [-0.39, 0.29) is 11.9 Å². The van der Waals surface area contributed by atoms with E-state index in [1.807, 2.05) is 67.3 Å². The average molecular weight is 477 g/mol. The molecule has 3 N–H and O–H groups in total. The van der Waals surface area contributed by atoms with Gasteiger partial charge in [-0.1, -0.05) is 49.4 Å². The van der Waals surface area contributed by atoms with Gasteiger partial charge in [-0.15, -0.1) is 0 Å². The van der Waals surface area contributed by atoms with Gasteiger partial charge in [-0.25, -0.2) is 4.79 Å². The van der Waals surface area contributed by atoms with Crippen LogP contribution in [0, 0.1) is 12.8 Å². The maximum Gasteiger partial charge on any atom is 0.317 e. The van der Waals surface area contributed by atoms with Crippen LogP contribution in [0.1, 0.15) is 36.2 Å². The Labute approximate surface area is 205 Å². The molecule has 4 rings (SSSR count). The lowest BCUT2D eigenvalue weighted by atomic mass is 9.95. The second-order valence-corrected chi connectivity index (χ2v) is 9.68. The number of fused-ring (bicyclic) bond motifs is 1. The second kappa shape index (κ2) is 10.9. The third-order valence-electron chi connectivity index (χ3n) is 6.36. The van der Waals surface area contributed by atoms with E-state index in [1.54, 1.807) is 11.9 Å². The molecule has 2 atom stereocenters. The van der Waals surface area contributed by atoms with Crippen molar-refractivity contribution in [2.75, 3.05) is 25.0 Å². The lowest BCUT2D eigenvalue weighted by molar-refractivity contribution is 0.102. The average Bonchev–Trinajstić information content (AvgIpc) is 2.84. The molecular weight excluding hydrogens is 444 g/mol. The van der Waals surface area contributed by atoms with E-state index in [1.165, 1.54) is 0 Å². The molecule has 1 aliphatic rings. The van der Waals surface area contributed by atoms with Crippen LogP contribution in [-0.2, 0) is 0 Å². The number of likely N-dealkylation sites (tertiary alicyclic amines) is 1. The third-order valence-corrected chi connectivity index (χ3v) is 7.36. The maximum absolute atomic E-state index is 12.9. The molecule has 0 aromatic heterocycles. The summed E-state index contributed by atoms with van der Waals surface area (Å²) < 4.78 is 3.64. The smallest absolute Gasteiger partial charge is 0.317 e. The molecule has 0 radical (unpaired) electrons. The Morgan fingerprint density at radius 1 is 1.03 bits per heavy atom. The first-order chi connectivity index (χ1) is 16.5. The van der Waals surface area contributed by atoms with Gasteiger partial charge in [-0.2, -0.15) is 0 Å². The summed E-state index contributed by atoms with van der Waals surface area (Å²) in [6.45, 7) is 8.21. The first kappa shape index (κ1) is 24.1. The van der Waals surface area contributed by atoms with E-state index in [0.29, 0.717) is 24.1 Å². The monoisotopic (exact) mass is 476 g/mol. The summed E-state index contributed by atoms with van der Waals surface area (Å²) in [5.41, 5.74) is 2.43. The van der Waals surface area contributed by atoms with Crippen molar-refractivity contribution in [3.05, 3.63) is 71.8 Å². The topological polar surface area (TPSA) is 73.5 Å². The van der Waals surface area contributed by atoms with Crippen molar-refractivity contribution >= 4 is 40.3 Å². The summed E-state index contributed by atoms with van der Waals surface area (Å²) in [6, 6.07) is 20.1. The molecule has 34 heavy (non-hydrogen) atoms. The van der Waals surface area contributed by atoms with Gasteiger partial charge in [0.15, 0.2) is 0 Å². The summed E-state index contributed by atoms with van der Waals surface area (Å²) in [5, 5.41) is 8.09. The molecule has 1 fully saturated rings. The van der Waals surface area contributed by atoms with Crippen LogP contribution in [0.25, 0.3) is 10.8 Å². The summed E-state index contributed by atoms with van der Waals surface area (Å²) in [5.74, 6) is 0.247. The molecule has 3 amide bonds. The van der Waals surface area contributed by atoms with Gasteiger partial charge in [0.2, 0.25) is 0 Å². The van der Waals surface area contributed by atoms with Crippen molar-refractivity contribution < 1.29 is 9.59 Å². The van der Waals surface area contributed by atoms with Crippen LogP contribution in [0.5, 0.6) is 0 Å². The lowest BCUT2D eigenvalue weighted by Gasteiger charge is -2.37. The van der Waals surface area contributed by atoms with Crippen molar-refractivity contribution in [3.8, 4) is 0 Å². The van der Waals surface area contributed by atoms with E-state index in [0.717, 1.165) is 46.4 Å². The highest BCUT2D eigenvalue weighted by Crippen LogP contribution is 2.33. The highest BCUT2D eigenvalue weighted by molar-refractivity contribution is 7.97. The van der Waals surface area contributed by atoms with Crippen LogP contribution in [0.4, 0.5) is 10.5 Å². The summed E-state index contributed by atoms with van der Waals surface area (Å²) >= 11 is 1.62. The molecule has 2 unspecified atom stereocenters. The number of hydrogen-bond donors (Lipinski definition) is 3. The molecular formula is C27H32N4O2S. The van der Waals surface area contributed by atoms with Crippen molar-refractivity contribution in [2.24, 2.45) is 5.92 Å².